The summed E-state index contributed by atoms with van der Waals surface area (Å²) in [5.41, 5.74) is 2.08. The van der Waals surface area contributed by atoms with Crippen LogP contribution in [0.25, 0.3) is 11.0 Å². The number of rotatable bonds is 2. The molecule has 3 heterocycles. The molecule has 23 heavy (non-hydrogen) atoms. The standard InChI is InChI=1S/C17H12FN3OS/c1-3-16(22)20-12-8-14-11(10-21(2)17(14)19-9-12)4-5-13-6-7-15(18)23-13/h3,6-10H,1H2,2H3,(H,20,22). The third-order valence-electron chi connectivity index (χ3n) is 3.16. The maximum Gasteiger partial charge on any atom is 0.247 e. The number of anilines is 1. The van der Waals surface area contributed by atoms with Crippen LogP contribution in [-0.4, -0.2) is 15.5 Å². The predicted molar refractivity (Wildman–Crippen MR) is 89.8 cm³/mol. The van der Waals surface area contributed by atoms with Crippen LogP contribution in [0.5, 0.6) is 0 Å². The molecular weight excluding hydrogens is 313 g/mol. The number of aryl methyl sites for hydroxylation is 1. The average molecular weight is 325 g/mol. The first kappa shape index (κ1) is 15.0. The van der Waals surface area contributed by atoms with Crippen LogP contribution in [0.3, 0.4) is 0 Å². The van der Waals surface area contributed by atoms with Gasteiger partial charge in [0.25, 0.3) is 0 Å². The van der Waals surface area contributed by atoms with Gasteiger partial charge in [0.1, 0.15) is 5.65 Å². The van der Waals surface area contributed by atoms with Gasteiger partial charge in [0.15, 0.2) is 5.13 Å². The molecule has 0 radical (unpaired) electrons. The first-order valence-corrected chi connectivity index (χ1v) is 7.54. The van der Waals surface area contributed by atoms with Crippen LogP contribution < -0.4 is 5.32 Å². The number of carbonyl (C=O) groups excluding carboxylic acids is 1. The number of hydrogen-bond acceptors (Lipinski definition) is 3. The predicted octanol–water partition coefficient (Wildman–Crippen LogP) is 3.30. The van der Waals surface area contributed by atoms with Crippen LogP contribution >= 0.6 is 11.3 Å². The Morgan fingerprint density at radius 2 is 2.30 bits per heavy atom. The number of carbonyl (C=O) groups is 1. The topological polar surface area (TPSA) is 46.9 Å². The summed E-state index contributed by atoms with van der Waals surface area (Å²) in [6.07, 6.45) is 4.63. The van der Waals surface area contributed by atoms with Gasteiger partial charge in [-0.2, -0.15) is 4.39 Å². The van der Waals surface area contributed by atoms with E-state index in [1.54, 1.807) is 12.3 Å². The van der Waals surface area contributed by atoms with Gasteiger partial charge in [-0.25, -0.2) is 4.98 Å². The molecule has 1 N–H and O–H groups in total. The summed E-state index contributed by atoms with van der Waals surface area (Å²) in [5.74, 6) is 5.67. The van der Waals surface area contributed by atoms with E-state index in [9.17, 15) is 9.18 Å². The Labute approximate surface area is 136 Å². The Hall–Kier alpha value is -2.91. The molecule has 0 atom stereocenters. The summed E-state index contributed by atoms with van der Waals surface area (Å²) in [6.45, 7) is 3.42. The Kier molecular flexibility index (Phi) is 3.96. The normalized spacial score (nSPS) is 10.2. The van der Waals surface area contributed by atoms with Crippen LogP contribution in [0.2, 0.25) is 0 Å². The largest absolute Gasteiger partial charge is 0.334 e. The van der Waals surface area contributed by atoms with Crippen molar-refractivity contribution < 1.29 is 9.18 Å². The molecular formula is C17H12FN3OS. The van der Waals surface area contributed by atoms with Gasteiger partial charge >= 0.3 is 0 Å². The van der Waals surface area contributed by atoms with Crippen molar-refractivity contribution >= 4 is 34.0 Å². The van der Waals surface area contributed by atoms with Crippen molar-refractivity contribution in [3.05, 3.63) is 58.8 Å². The molecule has 0 fully saturated rings. The Morgan fingerprint density at radius 1 is 1.48 bits per heavy atom. The first-order valence-electron chi connectivity index (χ1n) is 6.72. The molecule has 0 aliphatic carbocycles. The second-order valence-electron chi connectivity index (χ2n) is 4.80. The monoisotopic (exact) mass is 325 g/mol. The summed E-state index contributed by atoms with van der Waals surface area (Å²) < 4.78 is 14.9. The van der Waals surface area contributed by atoms with Gasteiger partial charge in [-0.3, -0.25) is 4.79 Å². The highest BCUT2D eigenvalue weighted by Crippen LogP contribution is 2.22. The second-order valence-corrected chi connectivity index (χ2v) is 5.83. The minimum Gasteiger partial charge on any atom is -0.334 e. The summed E-state index contributed by atoms with van der Waals surface area (Å²) in [5, 5.41) is 3.23. The molecule has 6 heteroatoms. The van der Waals surface area contributed by atoms with Gasteiger partial charge in [-0.1, -0.05) is 29.8 Å². The highest BCUT2D eigenvalue weighted by atomic mass is 32.1. The Bertz CT molecular complexity index is 975. The van der Waals surface area contributed by atoms with E-state index in [-0.39, 0.29) is 11.0 Å². The molecule has 3 aromatic rings. The van der Waals surface area contributed by atoms with Crippen LogP contribution in [0.1, 0.15) is 10.4 Å². The van der Waals surface area contributed by atoms with E-state index in [2.05, 4.69) is 28.7 Å². The number of amides is 1. The highest BCUT2D eigenvalue weighted by Gasteiger charge is 2.08. The number of aromatic nitrogens is 2. The lowest BCUT2D eigenvalue weighted by molar-refractivity contribution is -0.111. The molecule has 0 unspecified atom stereocenters. The third-order valence-corrected chi connectivity index (χ3v) is 3.95. The maximum absolute atomic E-state index is 13.0. The third kappa shape index (κ3) is 3.15. The Morgan fingerprint density at radius 3 is 3.00 bits per heavy atom. The number of nitrogens with one attached hydrogen (secondary N) is 1. The summed E-state index contributed by atoms with van der Waals surface area (Å²) in [6, 6.07) is 4.84. The fourth-order valence-corrected chi connectivity index (χ4v) is 2.72. The van der Waals surface area contributed by atoms with Gasteiger partial charge in [0.05, 0.1) is 22.3 Å². The van der Waals surface area contributed by atoms with Crippen molar-refractivity contribution in [2.45, 2.75) is 0 Å². The number of hydrogen-bond donors (Lipinski definition) is 1. The second kappa shape index (κ2) is 6.07. The van der Waals surface area contributed by atoms with Gasteiger partial charge < -0.3 is 9.88 Å². The molecule has 4 nitrogen and oxygen atoms in total. The quantitative estimate of drug-likeness (QED) is 0.580. The fraction of sp³-hybridized carbons (Fsp3) is 0.0588. The lowest BCUT2D eigenvalue weighted by Crippen LogP contribution is -2.07. The van der Waals surface area contributed by atoms with Crippen molar-refractivity contribution in [3.63, 3.8) is 0 Å². The number of pyridine rings is 1. The minimum atomic E-state index is -0.302. The lowest BCUT2D eigenvalue weighted by Gasteiger charge is -2.02. The zero-order chi connectivity index (χ0) is 16.4. The molecule has 114 valence electrons. The zero-order valence-electron chi connectivity index (χ0n) is 12.3. The number of fused-ring (bicyclic) bond motifs is 1. The van der Waals surface area contributed by atoms with E-state index in [1.807, 2.05) is 23.9 Å². The van der Waals surface area contributed by atoms with Gasteiger partial charge in [-0.05, 0) is 24.3 Å². The fourth-order valence-electron chi connectivity index (χ4n) is 2.13. The number of nitrogens with zero attached hydrogens (tertiary/aromatic N) is 2. The molecule has 0 saturated heterocycles. The van der Waals surface area contributed by atoms with Crippen molar-refractivity contribution in [2.75, 3.05) is 5.32 Å². The van der Waals surface area contributed by atoms with Crippen molar-refractivity contribution in [2.24, 2.45) is 7.05 Å². The summed E-state index contributed by atoms with van der Waals surface area (Å²) in [4.78, 5) is 16.4. The number of thiophene rings is 1. The van der Waals surface area contributed by atoms with Crippen LogP contribution in [0, 0.1) is 17.0 Å². The van der Waals surface area contributed by atoms with E-state index in [0.29, 0.717) is 10.6 Å². The smallest absolute Gasteiger partial charge is 0.247 e. The summed E-state index contributed by atoms with van der Waals surface area (Å²) >= 11 is 1.00. The molecule has 3 rings (SSSR count). The van der Waals surface area contributed by atoms with Gasteiger partial charge in [0.2, 0.25) is 5.91 Å². The molecule has 0 saturated carbocycles. The molecule has 0 aliphatic heterocycles. The SMILES string of the molecule is C=CC(=O)Nc1cnc2c(c1)c(C#Cc1ccc(F)s1)cn2C. The Balaban J connectivity index is 2.03. The van der Waals surface area contributed by atoms with Crippen LogP contribution in [0.4, 0.5) is 10.1 Å². The van der Waals surface area contributed by atoms with Crippen LogP contribution in [0.15, 0.2) is 43.2 Å². The van der Waals surface area contributed by atoms with E-state index in [0.717, 1.165) is 27.9 Å². The molecule has 1 amide bonds. The van der Waals surface area contributed by atoms with E-state index in [1.165, 1.54) is 12.1 Å². The van der Waals surface area contributed by atoms with E-state index >= 15 is 0 Å². The minimum absolute atomic E-state index is 0.261. The van der Waals surface area contributed by atoms with Crippen LogP contribution in [-0.2, 0) is 11.8 Å². The van der Waals surface area contributed by atoms with Gasteiger partial charge in [0, 0.05) is 18.6 Å². The lowest BCUT2D eigenvalue weighted by atomic mass is 10.2. The number of halogens is 1. The van der Waals surface area contributed by atoms with Gasteiger partial charge in [-0.15, -0.1) is 0 Å². The average Bonchev–Trinajstić information content (AvgIpc) is 3.09. The summed E-state index contributed by atoms with van der Waals surface area (Å²) in [7, 11) is 1.87. The first-order chi connectivity index (χ1) is 11.1. The van der Waals surface area contributed by atoms with Crippen molar-refractivity contribution in [1.82, 2.24) is 9.55 Å². The highest BCUT2D eigenvalue weighted by molar-refractivity contribution is 7.10. The molecule has 0 aliphatic rings. The molecule has 0 spiro atoms. The van der Waals surface area contributed by atoms with E-state index < -0.39 is 0 Å². The molecule has 0 bridgehead atoms. The molecule has 3 aromatic heterocycles. The van der Waals surface area contributed by atoms with Crippen molar-refractivity contribution in [1.29, 1.82) is 0 Å². The van der Waals surface area contributed by atoms with Crippen molar-refractivity contribution in [3.8, 4) is 11.8 Å². The zero-order valence-corrected chi connectivity index (χ0v) is 13.1. The molecule has 0 aromatic carbocycles. The van der Waals surface area contributed by atoms with E-state index in [4.69, 9.17) is 0 Å². The maximum atomic E-state index is 13.0.